The number of rotatable bonds is 5. The van der Waals surface area contributed by atoms with Gasteiger partial charge in [0, 0.05) is 21.3 Å². The van der Waals surface area contributed by atoms with Gasteiger partial charge in [-0.1, -0.05) is 18.8 Å². The monoisotopic (exact) mass is 230 g/mol. The second-order valence-electron chi connectivity index (χ2n) is 3.42. The fourth-order valence-corrected chi connectivity index (χ4v) is 4.30. The molecule has 0 spiro atoms. The molecule has 0 amide bonds. The predicted molar refractivity (Wildman–Crippen MR) is 62.2 cm³/mol. The van der Waals surface area contributed by atoms with E-state index in [-0.39, 0.29) is 0 Å². The van der Waals surface area contributed by atoms with Crippen LogP contribution in [0.1, 0.15) is 0 Å². The summed E-state index contributed by atoms with van der Waals surface area (Å²) in [6, 6.07) is 0. The second-order valence-corrected chi connectivity index (χ2v) is 10.2. The number of terminal acetylenes is 1. The molecule has 0 bridgehead atoms. The fourth-order valence-electron chi connectivity index (χ4n) is 0.813. The van der Waals surface area contributed by atoms with Gasteiger partial charge in [-0.05, 0) is 5.70 Å². The first kappa shape index (κ1) is 13.6. The van der Waals surface area contributed by atoms with Crippen LogP contribution in [-0.4, -0.2) is 38.2 Å². The van der Waals surface area contributed by atoms with Gasteiger partial charge in [0.2, 0.25) is 0 Å². The first-order chi connectivity index (χ1) is 6.45. The van der Waals surface area contributed by atoms with Crippen LogP contribution < -0.4 is 0 Å². The van der Waals surface area contributed by atoms with Crippen molar-refractivity contribution in [2.24, 2.45) is 0 Å². The van der Waals surface area contributed by atoms with Crippen molar-refractivity contribution < 1.29 is 13.3 Å². The zero-order valence-corrected chi connectivity index (χ0v) is 11.5. The molecular formula is C9H18O3Si2. The van der Waals surface area contributed by atoms with Gasteiger partial charge in [-0.3, -0.25) is 0 Å². The van der Waals surface area contributed by atoms with E-state index in [0.717, 1.165) is 0 Å². The minimum Gasteiger partial charge on any atom is -0.374 e. The van der Waals surface area contributed by atoms with Crippen LogP contribution >= 0.6 is 0 Å². The van der Waals surface area contributed by atoms with Crippen molar-refractivity contribution in [3.63, 3.8) is 0 Å². The molecule has 0 fully saturated rings. The zero-order valence-electron chi connectivity index (χ0n) is 9.46. The fraction of sp³-hybridized carbons (Fsp3) is 0.556. The quantitative estimate of drug-likeness (QED) is 0.527. The predicted octanol–water partition coefficient (Wildman–Crippen LogP) is 1.38. The Bertz CT molecular complexity index is 231. The van der Waals surface area contributed by atoms with Crippen LogP contribution in [0.5, 0.6) is 0 Å². The smallest absolute Gasteiger partial charge is 0.374 e. The Morgan fingerprint density at radius 2 is 1.43 bits per heavy atom. The van der Waals surface area contributed by atoms with Gasteiger partial charge in [-0.2, -0.15) is 0 Å². The number of hydrogen-bond acceptors (Lipinski definition) is 3. The molecule has 0 aromatic heterocycles. The van der Waals surface area contributed by atoms with E-state index in [9.17, 15) is 0 Å². The molecule has 0 rings (SSSR count). The third-order valence-electron chi connectivity index (χ3n) is 1.93. The highest BCUT2D eigenvalue weighted by molar-refractivity contribution is 6.90. The normalized spacial score (nSPS) is 13.1. The van der Waals surface area contributed by atoms with Crippen LogP contribution in [-0.2, 0) is 13.3 Å². The van der Waals surface area contributed by atoms with Crippen molar-refractivity contribution in [1.82, 2.24) is 0 Å². The number of hydrogen-bond donors (Lipinski definition) is 0. The highest BCUT2D eigenvalue weighted by Gasteiger charge is 2.35. The Morgan fingerprint density at radius 3 is 1.71 bits per heavy atom. The van der Waals surface area contributed by atoms with E-state index in [1.165, 1.54) is 0 Å². The van der Waals surface area contributed by atoms with Crippen molar-refractivity contribution in [3.05, 3.63) is 11.4 Å². The Morgan fingerprint density at radius 1 is 1.00 bits per heavy atom. The molecular weight excluding hydrogens is 212 g/mol. The summed E-state index contributed by atoms with van der Waals surface area (Å²) in [5.74, 6) is 0. The second kappa shape index (κ2) is 5.48. The highest BCUT2D eigenvalue weighted by Crippen LogP contribution is 2.11. The molecule has 3 nitrogen and oxygen atoms in total. The molecule has 0 heterocycles. The molecule has 0 N–H and O–H groups in total. The van der Waals surface area contributed by atoms with E-state index in [1.807, 2.05) is 11.4 Å². The van der Waals surface area contributed by atoms with Crippen molar-refractivity contribution in [2.75, 3.05) is 21.3 Å². The summed E-state index contributed by atoms with van der Waals surface area (Å²) in [7, 11) is 0.453. The lowest BCUT2D eigenvalue weighted by molar-refractivity contribution is 0.138. The van der Waals surface area contributed by atoms with Gasteiger partial charge in [0.1, 0.15) is 0 Å². The lowest BCUT2D eigenvalue weighted by Crippen LogP contribution is -2.41. The Hall–Kier alpha value is -0.386. The maximum atomic E-state index is 5.41. The van der Waals surface area contributed by atoms with E-state index in [0.29, 0.717) is 0 Å². The van der Waals surface area contributed by atoms with E-state index >= 15 is 0 Å². The molecule has 0 aromatic carbocycles. The Kier molecular flexibility index (Phi) is 5.33. The van der Waals surface area contributed by atoms with Gasteiger partial charge in [0.25, 0.3) is 0 Å². The van der Waals surface area contributed by atoms with Gasteiger partial charge in [0.15, 0.2) is 8.07 Å². The van der Waals surface area contributed by atoms with Crippen LogP contribution in [0.3, 0.4) is 0 Å². The summed E-state index contributed by atoms with van der Waals surface area (Å²) < 4.78 is 15.7. The highest BCUT2D eigenvalue weighted by atomic mass is 28.4. The standard InChI is InChI=1S/C9H18O3Si2/c1-7-13(5,6)8-9-14(10-2,11-3)12-4/h1,8-9H,2-6H3/b9-8+. The minimum absolute atomic E-state index is 1.58. The average Bonchev–Trinajstić information content (AvgIpc) is 2.21. The molecule has 0 aliphatic rings. The summed E-state index contributed by atoms with van der Waals surface area (Å²) >= 11 is 0. The van der Waals surface area contributed by atoms with Crippen LogP contribution in [0, 0.1) is 12.0 Å². The molecule has 5 heteroatoms. The Labute approximate surface area is 88.4 Å². The summed E-state index contributed by atoms with van der Waals surface area (Å²) in [5, 5.41) is 0. The first-order valence-corrected chi connectivity index (χ1v) is 9.17. The minimum atomic E-state index is -2.58. The Balaban J connectivity index is 4.69. The van der Waals surface area contributed by atoms with Crippen LogP contribution in [0.15, 0.2) is 11.4 Å². The third kappa shape index (κ3) is 3.78. The van der Waals surface area contributed by atoms with E-state index in [2.05, 4.69) is 18.6 Å². The van der Waals surface area contributed by atoms with E-state index in [1.54, 1.807) is 21.3 Å². The molecule has 0 atom stereocenters. The van der Waals surface area contributed by atoms with Crippen LogP contribution in [0.4, 0.5) is 0 Å². The SMILES string of the molecule is C#C[Si](C)(C)/C=C/[Si](OC)(OC)OC. The molecule has 0 aromatic rings. The average molecular weight is 230 g/mol. The summed E-state index contributed by atoms with van der Waals surface area (Å²) in [4.78, 5) is 0. The third-order valence-corrected chi connectivity index (χ3v) is 6.29. The molecule has 0 saturated carbocycles. The van der Waals surface area contributed by atoms with Gasteiger partial charge < -0.3 is 13.3 Å². The first-order valence-electron chi connectivity index (χ1n) is 4.29. The van der Waals surface area contributed by atoms with Crippen molar-refractivity contribution in [3.8, 4) is 12.0 Å². The van der Waals surface area contributed by atoms with Crippen molar-refractivity contribution in [1.29, 1.82) is 0 Å². The summed E-state index contributed by atoms with van der Waals surface area (Å²) in [5.41, 5.74) is 6.66. The lowest BCUT2D eigenvalue weighted by atomic mass is 11.2. The van der Waals surface area contributed by atoms with Gasteiger partial charge in [-0.25, -0.2) is 0 Å². The van der Waals surface area contributed by atoms with Gasteiger partial charge in [0.05, 0.1) is 0 Å². The maximum absolute atomic E-state index is 5.41. The van der Waals surface area contributed by atoms with Crippen molar-refractivity contribution in [2.45, 2.75) is 13.1 Å². The van der Waals surface area contributed by atoms with Gasteiger partial charge >= 0.3 is 8.80 Å². The zero-order chi connectivity index (χ0) is 11.2. The summed E-state index contributed by atoms with van der Waals surface area (Å²) in [6.07, 6.45) is 5.41. The molecule has 0 aliphatic carbocycles. The molecule has 0 aliphatic heterocycles. The topological polar surface area (TPSA) is 27.7 Å². The van der Waals surface area contributed by atoms with E-state index < -0.39 is 16.9 Å². The molecule has 0 saturated heterocycles. The van der Waals surface area contributed by atoms with Crippen LogP contribution in [0.25, 0.3) is 0 Å². The molecule has 80 valence electrons. The lowest BCUT2D eigenvalue weighted by Gasteiger charge is -2.21. The van der Waals surface area contributed by atoms with E-state index in [4.69, 9.17) is 19.7 Å². The maximum Gasteiger partial charge on any atom is 0.528 e. The molecule has 0 unspecified atom stereocenters. The summed E-state index contributed by atoms with van der Waals surface area (Å²) in [6.45, 7) is 4.15. The molecule has 14 heavy (non-hydrogen) atoms. The van der Waals surface area contributed by atoms with Gasteiger partial charge in [-0.15, -0.1) is 12.0 Å². The molecule has 0 radical (unpaired) electrons. The van der Waals surface area contributed by atoms with Crippen molar-refractivity contribution >= 4 is 16.9 Å². The van der Waals surface area contributed by atoms with Crippen LogP contribution in [0.2, 0.25) is 13.1 Å². The largest absolute Gasteiger partial charge is 0.528 e.